The van der Waals surface area contributed by atoms with Gasteiger partial charge in [0.25, 0.3) is 0 Å². The van der Waals surface area contributed by atoms with E-state index in [2.05, 4.69) is 10.1 Å². The number of rotatable bonds is 6. The van der Waals surface area contributed by atoms with Gasteiger partial charge in [-0.15, -0.1) is 0 Å². The van der Waals surface area contributed by atoms with Gasteiger partial charge in [-0.25, -0.2) is 8.42 Å². The molecule has 2 heterocycles. The molecule has 0 bridgehead atoms. The summed E-state index contributed by atoms with van der Waals surface area (Å²) in [6.07, 6.45) is 3.18. The largest absolute Gasteiger partial charge is 0.373 e. The summed E-state index contributed by atoms with van der Waals surface area (Å²) < 4.78 is 31.7. The van der Waals surface area contributed by atoms with Crippen molar-refractivity contribution in [2.45, 2.75) is 24.6 Å². The number of aromatic nitrogens is 1. The summed E-state index contributed by atoms with van der Waals surface area (Å²) in [6, 6.07) is 11.6. The smallest absolute Gasteiger partial charge is 0.220 e. The third-order valence-corrected chi connectivity index (χ3v) is 6.04. The number of benzene rings is 1. The molecule has 1 fully saturated rings. The SMILES string of the molecule is CN(C[C@@H]1CCCN1S(=O)(=O)Cc1ccon1)c1ccccc1. The monoisotopic (exact) mass is 335 g/mol. The lowest BCUT2D eigenvalue weighted by atomic mass is 10.2. The molecule has 1 aromatic heterocycles. The van der Waals surface area contributed by atoms with Gasteiger partial charge in [0.05, 0.1) is 5.69 Å². The maximum atomic E-state index is 12.7. The highest BCUT2D eigenvalue weighted by Crippen LogP contribution is 2.25. The van der Waals surface area contributed by atoms with Crippen molar-refractivity contribution in [3.05, 3.63) is 48.4 Å². The molecule has 7 heteroatoms. The number of anilines is 1. The topological polar surface area (TPSA) is 66.7 Å². The second-order valence-corrected chi connectivity index (χ2v) is 7.79. The normalized spacial score (nSPS) is 19.1. The van der Waals surface area contributed by atoms with Crippen molar-refractivity contribution in [3.8, 4) is 0 Å². The van der Waals surface area contributed by atoms with Gasteiger partial charge in [0.15, 0.2) is 0 Å². The van der Waals surface area contributed by atoms with Gasteiger partial charge in [-0.1, -0.05) is 23.4 Å². The van der Waals surface area contributed by atoms with Gasteiger partial charge >= 0.3 is 0 Å². The highest BCUT2D eigenvalue weighted by atomic mass is 32.2. The molecule has 0 N–H and O–H groups in total. The minimum absolute atomic E-state index is 0.00268. The zero-order chi connectivity index (χ0) is 16.3. The van der Waals surface area contributed by atoms with Crippen molar-refractivity contribution in [3.63, 3.8) is 0 Å². The van der Waals surface area contributed by atoms with Crippen LogP contribution >= 0.6 is 0 Å². The summed E-state index contributed by atoms with van der Waals surface area (Å²) >= 11 is 0. The molecular formula is C16H21N3O3S. The lowest BCUT2D eigenvalue weighted by Crippen LogP contribution is -2.42. The van der Waals surface area contributed by atoms with E-state index < -0.39 is 10.0 Å². The lowest BCUT2D eigenvalue weighted by molar-refractivity contribution is 0.385. The van der Waals surface area contributed by atoms with Gasteiger partial charge in [-0.2, -0.15) is 4.31 Å². The summed E-state index contributed by atoms with van der Waals surface area (Å²) in [7, 11) is -1.38. The molecule has 3 rings (SSSR count). The quantitative estimate of drug-likeness (QED) is 0.809. The lowest BCUT2D eigenvalue weighted by Gasteiger charge is -2.29. The second kappa shape index (κ2) is 6.72. The number of nitrogens with zero attached hydrogens (tertiary/aromatic N) is 3. The van der Waals surface area contributed by atoms with Crippen LogP contribution in [0.3, 0.4) is 0 Å². The van der Waals surface area contributed by atoms with Crippen molar-refractivity contribution in [2.24, 2.45) is 0 Å². The van der Waals surface area contributed by atoms with Crippen LogP contribution in [0.2, 0.25) is 0 Å². The van der Waals surface area contributed by atoms with Gasteiger partial charge in [0.2, 0.25) is 10.0 Å². The van der Waals surface area contributed by atoms with Crippen molar-refractivity contribution in [2.75, 3.05) is 25.0 Å². The first kappa shape index (κ1) is 16.0. The highest BCUT2D eigenvalue weighted by molar-refractivity contribution is 7.88. The maximum Gasteiger partial charge on any atom is 0.220 e. The number of hydrogen-bond donors (Lipinski definition) is 0. The van der Waals surface area contributed by atoms with E-state index in [0.717, 1.165) is 18.5 Å². The summed E-state index contributed by atoms with van der Waals surface area (Å²) in [5.74, 6) is -0.102. The van der Waals surface area contributed by atoms with Gasteiger partial charge in [-0.3, -0.25) is 0 Å². The Morgan fingerprint density at radius 3 is 2.78 bits per heavy atom. The summed E-state index contributed by atoms with van der Waals surface area (Å²) in [5.41, 5.74) is 1.54. The highest BCUT2D eigenvalue weighted by Gasteiger charge is 2.35. The molecule has 23 heavy (non-hydrogen) atoms. The van der Waals surface area contributed by atoms with Crippen LogP contribution in [0, 0.1) is 0 Å². The number of likely N-dealkylation sites (N-methyl/N-ethyl adjacent to an activating group) is 1. The van der Waals surface area contributed by atoms with Crippen molar-refractivity contribution < 1.29 is 12.9 Å². The van der Waals surface area contributed by atoms with E-state index in [1.807, 2.05) is 37.4 Å². The molecule has 1 atom stereocenters. The minimum Gasteiger partial charge on any atom is -0.373 e. The molecule has 1 saturated heterocycles. The standard InChI is InChI=1S/C16H21N3O3S/c1-18(15-6-3-2-4-7-15)12-16-8-5-10-19(16)23(20,21)13-14-9-11-22-17-14/h2-4,6-7,9,11,16H,5,8,10,12-13H2,1H3/t16-/m0/s1. The Bertz CT molecular complexity index is 716. The fraction of sp³-hybridized carbons (Fsp3) is 0.438. The first-order valence-electron chi connectivity index (χ1n) is 7.71. The Kier molecular flexibility index (Phi) is 4.68. The molecule has 124 valence electrons. The molecule has 0 spiro atoms. The van der Waals surface area contributed by atoms with E-state index in [1.54, 1.807) is 10.4 Å². The molecule has 0 amide bonds. The Hall–Kier alpha value is -1.86. The van der Waals surface area contributed by atoms with E-state index in [0.29, 0.717) is 18.8 Å². The van der Waals surface area contributed by atoms with Crippen LogP contribution in [0.1, 0.15) is 18.5 Å². The fourth-order valence-corrected chi connectivity index (χ4v) is 4.77. The molecule has 0 unspecified atom stereocenters. The van der Waals surface area contributed by atoms with Crippen LogP contribution in [0.5, 0.6) is 0 Å². The van der Waals surface area contributed by atoms with Crippen LogP contribution in [-0.2, 0) is 15.8 Å². The molecule has 1 aromatic carbocycles. The zero-order valence-corrected chi connectivity index (χ0v) is 13.9. The summed E-state index contributed by atoms with van der Waals surface area (Å²) in [6.45, 7) is 1.26. The Morgan fingerprint density at radius 1 is 1.30 bits per heavy atom. The van der Waals surface area contributed by atoms with Crippen LogP contribution in [0.4, 0.5) is 5.69 Å². The van der Waals surface area contributed by atoms with Gasteiger partial charge < -0.3 is 9.42 Å². The maximum absolute atomic E-state index is 12.7. The van der Waals surface area contributed by atoms with E-state index in [4.69, 9.17) is 4.52 Å². The molecule has 1 aliphatic heterocycles. The molecule has 0 aliphatic carbocycles. The van der Waals surface area contributed by atoms with Crippen molar-refractivity contribution >= 4 is 15.7 Å². The predicted molar refractivity (Wildman–Crippen MR) is 88.6 cm³/mol. The number of hydrogen-bond acceptors (Lipinski definition) is 5. The van der Waals surface area contributed by atoms with Gasteiger partial charge in [-0.05, 0) is 25.0 Å². The first-order chi connectivity index (χ1) is 11.1. The number of para-hydroxylation sites is 1. The molecule has 0 radical (unpaired) electrons. The van der Waals surface area contributed by atoms with Crippen molar-refractivity contribution in [1.29, 1.82) is 0 Å². The Balaban J connectivity index is 1.70. The van der Waals surface area contributed by atoms with E-state index in [1.165, 1.54) is 6.26 Å². The third-order valence-electron chi connectivity index (χ3n) is 4.18. The average molecular weight is 335 g/mol. The minimum atomic E-state index is -3.38. The Labute approximate surface area is 136 Å². The van der Waals surface area contributed by atoms with Crippen LogP contribution in [0.15, 0.2) is 47.2 Å². The molecule has 0 saturated carbocycles. The summed E-state index contributed by atoms with van der Waals surface area (Å²) in [4.78, 5) is 2.11. The van der Waals surface area contributed by atoms with Crippen LogP contribution in [-0.4, -0.2) is 44.1 Å². The van der Waals surface area contributed by atoms with E-state index >= 15 is 0 Å². The van der Waals surface area contributed by atoms with E-state index in [-0.39, 0.29) is 11.8 Å². The second-order valence-electron chi connectivity index (χ2n) is 5.87. The summed E-state index contributed by atoms with van der Waals surface area (Å²) in [5, 5.41) is 3.72. The van der Waals surface area contributed by atoms with Gasteiger partial charge in [0.1, 0.15) is 12.0 Å². The van der Waals surface area contributed by atoms with Crippen LogP contribution < -0.4 is 4.90 Å². The third kappa shape index (κ3) is 3.73. The first-order valence-corrected chi connectivity index (χ1v) is 9.32. The average Bonchev–Trinajstić information content (AvgIpc) is 3.19. The predicted octanol–water partition coefficient (Wildman–Crippen LogP) is 2.11. The van der Waals surface area contributed by atoms with Crippen molar-refractivity contribution in [1.82, 2.24) is 9.46 Å². The molecule has 6 nitrogen and oxygen atoms in total. The van der Waals surface area contributed by atoms with Gasteiger partial charge in [0, 0.05) is 37.9 Å². The molecular weight excluding hydrogens is 314 g/mol. The zero-order valence-electron chi connectivity index (χ0n) is 13.1. The molecule has 2 aromatic rings. The fourth-order valence-electron chi connectivity index (χ4n) is 3.04. The Morgan fingerprint density at radius 2 is 2.09 bits per heavy atom. The van der Waals surface area contributed by atoms with Crippen LogP contribution in [0.25, 0.3) is 0 Å². The molecule has 1 aliphatic rings. The van der Waals surface area contributed by atoms with E-state index in [9.17, 15) is 8.42 Å². The number of sulfonamides is 1.